The Hall–Kier alpha value is -1.76. The number of hydroxylamine groups is 2. The van der Waals surface area contributed by atoms with Gasteiger partial charge in [-0.3, -0.25) is 14.4 Å². The molecule has 2 heterocycles. The van der Waals surface area contributed by atoms with Crippen LogP contribution in [0, 0.1) is 5.92 Å². The fourth-order valence-electron chi connectivity index (χ4n) is 3.70. The summed E-state index contributed by atoms with van der Waals surface area (Å²) in [5, 5.41) is 0.877. The van der Waals surface area contributed by atoms with Gasteiger partial charge >= 0.3 is 0 Å². The van der Waals surface area contributed by atoms with E-state index in [2.05, 4.69) is 0 Å². The molecule has 23 heavy (non-hydrogen) atoms. The van der Waals surface area contributed by atoms with E-state index in [1.165, 1.54) is 0 Å². The number of carbonyl (C=O) groups excluding carboxylic acids is 2. The largest absolute Gasteiger partial charge is 0.347 e. The van der Waals surface area contributed by atoms with Crippen LogP contribution in [0.15, 0.2) is 24.3 Å². The molecule has 1 unspecified atom stereocenters. The molecule has 6 heteroatoms. The molecule has 1 atom stereocenters. The van der Waals surface area contributed by atoms with Crippen LogP contribution in [-0.2, 0) is 14.3 Å². The zero-order valence-corrected chi connectivity index (χ0v) is 12.8. The van der Waals surface area contributed by atoms with Gasteiger partial charge in [-0.05, 0) is 25.0 Å². The lowest BCUT2D eigenvalue weighted by molar-refractivity contribution is -0.236. The maximum absolute atomic E-state index is 12.3. The van der Waals surface area contributed by atoms with Gasteiger partial charge in [-0.1, -0.05) is 18.6 Å². The lowest BCUT2D eigenvalue weighted by Gasteiger charge is -2.39. The summed E-state index contributed by atoms with van der Waals surface area (Å²) in [5.41, 5.74) is 0.786. The van der Waals surface area contributed by atoms with Crippen LogP contribution >= 0.6 is 0 Å². The first kappa shape index (κ1) is 14.8. The molecule has 4 rings (SSSR count). The number of benzene rings is 1. The molecule has 1 aromatic carbocycles. The van der Waals surface area contributed by atoms with Crippen LogP contribution < -0.4 is 0 Å². The van der Waals surface area contributed by atoms with E-state index in [4.69, 9.17) is 14.3 Å². The second kappa shape index (κ2) is 5.70. The first-order valence-corrected chi connectivity index (χ1v) is 8.10. The average Bonchev–Trinajstić information content (AvgIpc) is 3.13. The highest BCUT2D eigenvalue weighted by Crippen LogP contribution is 2.40. The van der Waals surface area contributed by atoms with Crippen molar-refractivity contribution < 1.29 is 23.9 Å². The van der Waals surface area contributed by atoms with E-state index in [-0.39, 0.29) is 12.5 Å². The van der Waals surface area contributed by atoms with E-state index < -0.39 is 17.6 Å². The van der Waals surface area contributed by atoms with Crippen molar-refractivity contribution in [2.75, 3.05) is 19.8 Å². The number of amides is 2. The number of carbonyl (C=O) groups is 2. The van der Waals surface area contributed by atoms with Crippen molar-refractivity contribution >= 4 is 11.8 Å². The molecule has 0 bridgehead atoms. The SMILES string of the molecule is O=C1c2ccccc2C(=O)N1OCC1CCCCC12OCCO2. The summed E-state index contributed by atoms with van der Waals surface area (Å²) < 4.78 is 11.7. The minimum atomic E-state index is -0.600. The Labute approximate surface area is 134 Å². The molecule has 1 spiro atoms. The van der Waals surface area contributed by atoms with Crippen LogP contribution in [0.2, 0.25) is 0 Å². The second-order valence-corrected chi connectivity index (χ2v) is 6.20. The molecule has 0 radical (unpaired) electrons. The summed E-state index contributed by atoms with van der Waals surface area (Å²) in [5.74, 6) is -1.37. The van der Waals surface area contributed by atoms with Crippen molar-refractivity contribution in [3.05, 3.63) is 35.4 Å². The number of ether oxygens (including phenoxy) is 2. The smallest absolute Gasteiger partial charge is 0.285 e. The van der Waals surface area contributed by atoms with Gasteiger partial charge in [0, 0.05) is 12.3 Å². The lowest BCUT2D eigenvalue weighted by Crippen LogP contribution is -2.45. The summed E-state index contributed by atoms with van der Waals surface area (Å²) in [4.78, 5) is 30.2. The Morgan fingerprint density at radius 3 is 2.39 bits per heavy atom. The number of nitrogens with zero attached hydrogens (tertiary/aromatic N) is 1. The molecule has 1 aliphatic carbocycles. The van der Waals surface area contributed by atoms with Crippen molar-refractivity contribution in [2.45, 2.75) is 31.5 Å². The van der Waals surface area contributed by atoms with Gasteiger partial charge in [0.2, 0.25) is 0 Å². The van der Waals surface area contributed by atoms with Crippen LogP contribution in [0.25, 0.3) is 0 Å². The molecule has 1 aromatic rings. The first-order valence-electron chi connectivity index (χ1n) is 8.10. The van der Waals surface area contributed by atoms with Gasteiger partial charge in [0.25, 0.3) is 11.8 Å². The summed E-state index contributed by atoms with van der Waals surface area (Å²) in [7, 11) is 0. The standard InChI is InChI=1S/C17H19NO5/c19-15-13-6-1-2-7-14(13)16(20)18(15)23-11-12-5-3-4-8-17(12)21-9-10-22-17/h1-2,6-7,12H,3-5,8-11H2. The quantitative estimate of drug-likeness (QED) is 0.799. The van der Waals surface area contributed by atoms with Crippen LogP contribution in [0.1, 0.15) is 46.4 Å². The van der Waals surface area contributed by atoms with Crippen molar-refractivity contribution in [3.63, 3.8) is 0 Å². The first-order chi connectivity index (χ1) is 11.2. The number of hydrogen-bond donors (Lipinski definition) is 0. The van der Waals surface area contributed by atoms with E-state index in [1.807, 2.05) is 0 Å². The summed E-state index contributed by atoms with van der Waals surface area (Å²) >= 11 is 0. The van der Waals surface area contributed by atoms with Gasteiger partial charge < -0.3 is 9.47 Å². The zero-order valence-electron chi connectivity index (χ0n) is 12.8. The molecular weight excluding hydrogens is 298 g/mol. The highest BCUT2D eigenvalue weighted by atomic mass is 16.7. The molecule has 3 aliphatic rings. The normalized spacial score (nSPS) is 26.1. The Balaban J connectivity index is 1.47. The van der Waals surface area contributed by atoms with Crippen molar-refractivity contribution in [1.82, 2.24) is 5.06 Å². The van der Waals surface area contributed by atoms with Gasteiger partial charge in [0.15, 0.2) is 5.79 Å². The summed E-state index contributed by atoms with van der Waals surface area (Å²) in [6.07, 6.45) is 3.88. The molecule has 1 saturated heterocycles. The Bertz CT molecular complexity index is 603. The van der Waals surface area contributed by atoms with Crippen LogP contribution in [-0.4, -0.2) is 42.5 Å². The highest BCUT2D eigenvalue weighted by molar-refractivity contribution is 6.20. The van der Waals surface area contributed by atoms with E-state index >= 15 is 0 Å². The third-order valence-electron chi connectivity index (χ3n) is 4.89. The van der Waals surface area contributed by atoms with Crippen molar-refractivity contribution in [1.29, 1.82) is 0 Å². The Kier molecular flexibility index (Phi) is 3.67. The van der Waals surface area contributed by atoms with E-state index in [0.29, 0.717) is 24.3 Å². The van der Waals surface area contributed by atoms with Crippen LogP contribution in [0.5, 0.6) is 0 Å². The van der Waals surface area contributed by atoms with Crippen LogP contribution in [0.3, 0.4) is 0 Å². The minimum absolute atomic E-state index is 0.0306. The third-order valence-corrected chi connectivity index (χ3v) is 4.89. The minimum Gasteiger partial charge on any atom is -0.347 e. The van der Waals surface area contributed by atoms with Gasteiger partial charge in [-0.15, -0.1) is 5.06 Å². The maximum atomic E-state index is 12.3. The monoisotopic (exact) mass is 317 g/mol. The molecule has 1 saturated carbocycles. The number of fused-ring (bicyclic) bond motifs is 1. The Morgan fingerprint density at radius 1 is 1.09 bits per heavy atom. The average molecular weight is 317 g/mol. The zero-order chi connectivity index (χ0) is 15.9. The van der Waals surface area contributed by atoms with Gasteiger partial charge in [-0.25, -0.2) is 0 Å². The van der Waals surface area contributed by atoms with Crippen molar-refractivity contribution in [3.8, 4) is 0 Å². The predicted molar refractivity (Wildman–Crippen MR) is 79.5 cm³/mol. The molecule has 2 aliphatic heterocycles. The fourth-order valence-corrected chi connectivity index (χ4v) is 3.70. The molecular formula is C17H19NO5. The molecule has 0 N–H and O–H groups in total. The maximum Gasteiger partial charge on any atom is 0.285 e. The van der Waals surface area contributed by atoms with E-state index in [1.54, 1.807) is 24.3 Å². The Morgan fingerprint density at radius 2 is 1.74 bits per heavy atom. The fraction of sp³-hybridized carbons (Fsp3) is 0.529. The highest BCUT2D eigenvalue weighted by Gasteiger charge is 2.47. The number of imide groups is 1. The second-order valence-electron chi connectivity index (χ2n) is 6.20. The predicted octanol–water partition coefficient (Wildman–Crippen LogP) is 2.15. The molecule has 2 amide bonds. The van der Waals surface area contributed by atoms with Gasteiger partial charge in [0.05, 0.1) is 30.9 Å². The van der Waals surface area contributed by atoms with Crippen molar-refractivity contribution in [2.24, 2.45) is 5.92 Å². The summed E-state index contributed by atoms with van der Waals surface area (Å²) in [6.45, 7) is 1.42. The number of rotatable bonds is 3. The topological polar surface area (TPSA) is 65.1 Å². The molecule has 6 nitrogen and oxygen atoms in total. The van der Waals surface area contributed by atoms with Gasteiger partial charge in [-0.2, -0.15) is 0 Å². The van der Waals surface area contributed by atoms with Crippen LogP contribution in [0.4, 0.5) is 0 Å². The number of hydrogen-bond acceptors (Lipinski definition) is 5. The van der Waals surface area contributed by atoms with Gasteiger partial charge in [0.1, 0.15) is 0 Å². The molecule has 122 valence electrons. The molecule has 0 aromatic heterocycles. The third kappa shape index (κ3) is 2.38. The lowest BCUT2D eigenvalue weighted by atomic mass is 9.84. The molecule has 2 fully saturated rings. The summed E-state index contributed by atoms with van der Waals surface area (Å²) in [6, 6.07) is 6.77. The van der Waals surface area contributed by atoms with E-state index in [9.17, 15) is 9.59 Å². The van der Waals surface area contributed by atoms with E-state index in [0.717, 1.165) is 30.7 Å².